The van der Waals surface area contributed by atoms with Gasteiger partial charge in [-0.25, -0.2) is 5.48 Å². The highest BCUT2D eigenvalue weighted by atomic mass is 31.0. The van der Waals surface area contributed by atoms with Crippen molar-refractivity contribution < 1.29 is 14.4 Å². The number of hydrogen-bond donors (Lipinski definition) is 2. The topological polar surface area (TPSA) is 67.4 Å². The number of rotatable bonds is 6. The second-order valence-corrected chi connectivity index (χ2v) is 4.27. The molecule has 0 aliphatic carbocycles. The van der Waals surface area contributed by atoms with Crippen LogP contribution in [0.4, 0.5) is 0 Å². The van der Waals surface area contributed by atoms with Gasteiger partial charge in [-0.05, 0) is 13.3 Å². The summed E-state index contributed by atoms with van der Waals surface area (Å²) in [6.07, 6.45) is 1.41. The summed E-state index contributed by atoms with van der Waals surface area (Å²) in [6.45, 7) is 5.11. The van der Waals surface area contributed by atoms with E-state index < -0.39 is 6.04 Å². The zero-order valence-electron chi connectivity index (χ0n) is 9.37. The molecule has 0 aromatic carbocycles. The molecule has 15 heavy (non-hydrogen) atoms. The summed E-state index contributed by atoms with van der Waals surface area (Å²) >= 11 is 0. The Kier molecular flexibility index (Phi) is 7.26. The summed E-state index contributed by atoms with van der Waals surface area (Å²) in [5.74, 6) is -0.697. The van der Waals surface area contributed by atoms with Crippen LogP contribution in [0.1, 0.15) is 33.6 Å². The van der Waals surface area contributed by atoms with Crippen LogP contribution in [-0.2, 0) is 14.4 Å². The molecule has 0 spiro atoms. The molecule has 0 fully saturated rings. The number of hydroxylamine groups is 1. The molecule has 0 bridgehead atoms. The first-order valence-electron chi connectivity index (χ1n) is 4.95. The van der Waals surface area contributed by atoms with Crippen LogP contribution in [-0.4, -0.2) is 23.7 Å². The normalized spacial score (nSPS) is 14.1. The molecule has 88 valence electrons. The molecular weight excluding hydrogens is 215 g/mol. The van der Waals surface area contributed by atoms with Crippen LogP contribution < -0.4 is 10.8 Å². The Morgan fingerprint density at radius 3 is 2.47 bits per heavy atom. The van der Waals surface area contributed by atoms with E-state index in [1.165, 1.54) is 6.92 Å². The summed E-state index contributed by atoms with van der Waals surface area (Å²) in [7, 11) is 2.39. The van der Waals surface area contributed by atoms with E-state index in [2.05, 4.69) is 20.0 Å². The van der Waals surface area contributed by atoms with Crippen LogP contribution in [0.3, 0.4) is 0 Å². The van der Waals surface area contributed by atoms with E-state index in [4.69, 9.17) is 4.84 Å². The predicted octanol–water partition coefficient (Wildman–Crippen LogP) is 0.560. The molecule has 3 atom stereocenters. The molecule has 2 amide bonds. The van der Waals surface area contributed by atoms with Crippen molar-refractivity contribution in [2.45, 2.75) is 45.5 Å². The third-order valence-electron chi connectivity index (χ3n) is 1.62. The van der Waals surface area contributed by atoms with Crippen molar-refractivity contribution in [3.8, 4) is 0 Å². The molecule has 0 aliphatic heterocycles. The molecule has 0 radical (unpaired) electrons. The van der Waals surface area contributed by atoms with Gasteiger partial charge in [0.2, 0.25) is 5.91 Å². The Balaban J connectivity index is 4.09. The Bertz CT molecular complexity index is 221. The van der Waals surface area contributed by atoms with Gasteiger partial charge in [0.1, 0.15) is 6.04 Å². The Morgan fingerprint density at radius 1 is 1.47 bits per heavy atom. The van der Waals surface area contributed by atoms with Crippen molar-refractivity contribution in [1.82, 2.24) is 10.8 Å². The van der Waals surface area contributed by atoms with E-state index in [1.54, 1.807) is 6.92 Å². The molecule has 0 saturated heterocycles. The molecule has 0 aliphatic rings. The lowest BCUT2D eigenvalue weighted by atomic mass is 10.1. The molecule has 6 heteroatoms. The van der Waals surface area contributed by atoms with Crippen LogP contribution >= 0.6 is 9.24 Å². The lowest BCUT2D eigenvalue weighted by molar-refractivity contribution is -0.138. The van der Waals surface area contributed by atoms with Crippen LogP contribution in [0.25, 0.3) is 0 Å². The van der Waals surface area contributed by atoms with Crippen LogP contribution in [0.2, 0.25) is 0 Å². The molecule has 0 heterocycles. The minimum Gasteiger partial charge on any atom is -0.344 e. The standard InChI is InChI=1S/C9H19N2O3P/c1-4-5-8(10-6(2)12)9(13)11-14-7(3)15/h7-8H,4-5,15H2,1-3H3,(H,10,12)(H,11,13). The lowest BCUT2D eigenvalue weighted by Gasteiger charge is -2.17. The fourth-order valence-corrected chi connectivity index (χ4v) is 1.09. The van der Waals surface area contributed by atoms with Crippen molar-refractivity contribution >= 4 is 21.1 Å². The Morgan fingerprint density at radius 2 is 2.07 bits per heavy atom. The van der Waals surface area contributed by atoms with Gasteiger partial charge in [0.05, 0.1) is 5.85 Å². The highest BCUT2D eigenvalue weighted by molar-refractivity contribution is 7.17. The SMILES string of the molecule is CCCC(NC(C)=O)C(=O)NOC(C)P. The summed E-state index contributed by atoms with van der Waals surface area (Å²) in [5.41, 5.74) is 2.30. The minimum atomic E-state index is -0.517. The highest BCUT2D eigenvalue weighted by Gasteiger charge is 2.18. The highest BCUT2D eigenvalue weighted by Crippen LogP contribution is 2.00. The minimum absolute atomic E-state index is 0.159. The van der Waals surface area contributed by atoms with Gasteiger partial charge in [-0.1, -0.05) is 13.3 Å². The van der Waals surface area contributed by atoms with Crippen LogP contribution in [0.15, 0.2) is 0 Å². The third kappa shape index (κ3) is 7.28. The van der Waals surface area contributed by atoms with Crippen LogP contribution in [0.5, 0.6) is 0 Å². The van der Waals surface area contributed by atoms with Crippen molar-refractivity contribution in [2.24, 2.45) is 0 Å². The largest absolute Gasteiger partial charge is 0.344 e. The van der Waals surface area contributed by atoms with Gasteiger partial charge < -0.3 is 5.32 Å². The zero-order valence-corrected chi connectivity index (χ0v) is 10.5. The van der Waals surface area contributed by atoms with Crippen molar-refractivity contribution in [3.05, 3.63) is 0 Å². The summed E-state index contributed by atoms with van der Waals surface area (Å²) < 4.78 is 0. The molecular formula is C9H19N2O3P. The quantitative estimate of drug-likeness (QED) is 0.521. The second kappa shape index (κ2) is 7.60. The van der Waals surface area contributed by atoms with E-state index in [0.717, 1.165) is 6.42 Å². The number of amides is 2. The van der Waals surface area contributed by atoms with Gasteiger partial charge in [0, 0.05) is 6.92 Å². The predicted molar refractivity (Wildman–Crippen MR) is 60.9 cm³/mol. The molecule has 3 unspecified atom stereocenters. The number of carbonyl (C=O) groups excluding carboxylic acids is 2. The van der Waals surface area contributed by atoms with Gasteiger partial charge in [-0.2, -0.15) is 0 Å². The van der Waals surface area contributed by atoms with Gasteiger partial charge in [-0.15, -0.1) is 9.24 Å². The molecule has 0 rings (SSSR count). The summed E-state index contributed by atoms with van der Waals surface area (Å²) in [4.78, 5) is 27.3. The molecule has 0 aromatic heterocycles. The average molecular weight is 234 g/mol. The van der Waals surface area contributed by atoms with Crippen molar-refractivity contribution in [3.63, 3.8) is 0 Å². The fraction of sp³-hybridized carbons (Fsp3) is 0.778. The zero-order chi connectivity index (χ0) is 11.8. The van der Waals surface area contributed by atoms with Crippen LogP contribution in [0, 0.1) is 0 Å². The van der Waals surface area contributed by atoms with Gasteiger partial charge in [-0.3, -0.25) is 14.4 Å². The number of carbonyl (C=O) groups is 2. The molecule has 0 aromatic rings. The maximum atomic E-state index is 11.5. The van der Waals surface area contributed by atoms with E-state index in [1.807, 2.05) is 6.92 Å². The third-order valence-corrected chi connectivity index (χ3v) is 1.75. The average Bonchev–Trinajstić information content (AvgIpc) is 2.12. The Labute approximate surface area is 92.5 Å². The summed E-state index contributed by atoms with van der Waals surface area (Å²) in [6, 6.07) is -0.517. The van der Waals surface area contributed by atoms with Gasteiger partial charge in [0.15, 0.2) is 0 Å². The van der Waals surface area contributed by atoms with E-state index in [-0.39, 0.29) is 17.7 Å². The second-order valence-electron chi connectivity index (χ2n) is 3.33. The molecule has 0 saturated carbocycles. The number of nitrogens with one attached hydrogen (secondary N) is 2. The maximum absolute atomic E-state index is 11.5. The van der Waals surface area contributed by atoms with E-state index in [0.29, 0.717) is 6.42 Å². The lowest BCUT2D eigenvalue weighted by Crippen LogP contribution is -2.46. The smallest absolute Gasteiger partial charge is 0.266 e. The first-order chi connectivity index (χ1) is 6.97. The monoisotopic (exact) mass is 234 g/mol. The van der Waals surface area contributed by atoms with Crippen molar-refractivity contribution in [1.29, 1.82) is 0 Å². The van der Waals surface area contributed by atoms with E-state index in [9.17, 15) is 9.59 Å². The van der Waals surface area contributed by atoms with Gasteiger partial charge in [0.25, 0.3) is 5.91 Å². The summed E-state index contributed by atoms with van der Waals surface area (Å²) in [5, 5.41) is 2.57. The first kappa shape index (κ1) is 14.3. The fourth-order valence-electron chi connectivity index (χ4n) is 1.02. The number of hydrogen-bond acceptors (Lipinski definition) is 3. The van der Waals surface area contributed by atoms with E-state index >= 15 is 0 Å². The van der Waals surface area contributed by atoms with Gasteiger partial charge >= 0.3 is 0 Å². The first-order valence-corrected chi connectivity index (χ1v) is 5.62. The maximum Gasteiger partial charge on any atom is 0.266 e. The molecule has 5 nitrogen and oxygen atoms in total. The van der Waals surface area contributed by atoms with Crippen molar-refractivity contribution in [2.75, 3.05) is 0 Å². The Hall–Kier alpha value is -0.670. The molecule has 2 N–H and O–H groups in total.